The van der Waals surface area contributed by atoms with Crippen molar-refractivity contribution < 1.29 is 4.79 Å². The molecule has 2 N–H and O–H groups in total. The van der Waals surface area contributed by atoms with Crippen molar-refractivity contribution in [2.24, 2.45) is 0 Å². The Balaban J connectivity index is 1.41. The van der Waals surface area contributed by atoms with Crippen molar-refractivity contribution in [2.45, 2.75) is 16.5 Å². The molecular weight excluding hydrogens is 412 g/mol. The number of benzene rings is 3. The van der Waals surface area contributed by atoms with Gasteiger partial charge in [0.25, 0.3) is 0 Å². The number of hydrogen-bond acceptors (Lipinski definition) is 6. The number of rotatable bonds is 7. The van der Waals surface area contributed by atoms with E-state index in [4.69, 9.17) is 0 Å². The van der Waals surface area contributed by atoms with E-state index in [1.165, 1.54) is 23.1 Å². The van der Waals surface area contributed by atoms with Crippen molar-refractivity contribution in [1.82, 2.24) is 10.2 Å². The normalized spacial score (nSPS) is 11.6. The van der Waals surface area contributed by atoms with E-state index in [0.29, 0.717) is 5.13 Å². The first-order chi connectivity index (χ1) is 14.7. The molecule has 4 rings (SSSR count). The Morgan fingerprint density at radius 3 is 2.33 bits per heavy atom. The molecule has 0 fully saturated rings. The van der Waals surface area contributed by atoms with Crippen molar-refractivity contribution >= 4 is 45.5 Å². The van der Waals surface area contributed by atoms with Crippen LogP contribution >= 0.6 is 23.1 Å². The molecule has 1 aromatic heterocycles. The third kappa shape index (κ3) is 5.06. The Morgan fingerprint density at radius 1 is 0.900 bits per heavy atom. The van der Waals surface area contributed by atoms with Crippen LogP contribution in [0.1, 0.15) is 6.92 Å². The second kappa shape index (κ2) is 9.56. The lowest BCUT2D eigenvalue weighted by Gasteiger charge is -2.14. The fourth-order valence-electron chi connectivity index (χ4n) is 2.85. The van der Waals surface area contributed by atoms with Crippen LogP contribution in [0.4, 0.5) is 16.5 Å². The number of para-hydroxylation sites is 2. The molecule has 0 radical (unpaired) electrons. The van der Waals surface area contributed by atoms with Crippen molar-refractivity contribution in [3.05, 3.63) is 84.9 Å². The molecule has 30 heavy (non-hydrogen) atoms. The molecular formula is C23H20N4OS2. The Bertz CT molecular complexity index is 1120. The van der Waals surface area contributed by atoms with Gasteiger partial charge in [-0.15, -0.1) is 10.2 Å². The summed E-state index contributed by atoms with van der Waals surface area (Å²) in [7, 11) is 0. The van der Waals surface area contributed by atoms with E-state index in [-0.39, 0.29) is 11.2 Å². The summed E-state index contributed by atoms with van der Waals surface area (Å²) >= 11 is 2.83. The van der Waals surface area contributed by atoms with Crippen LogP contribution in [0.5, 0.6) is 0 Å². The predicted octanol–water partition coefficient (Wildman–Crippen LogP) is 6.07. The number of aromatic nitrogens is 2. The largest absolute Gasteiger partial charge is 0.330 e. The standard InChI is InChI=1S/C23H20N4OS2/c1-16(29-23-27-26-22(30-23)24-18-12-6-3-7-13-18)21(28)25-20-15-9-8-14-19(20)17-10-4-2-5-11-17/h2-16H,1H3,(H,24,26)(H,25,28)/t16-/m0/s1. The minimum absolute atomic E-state index is 0.0730. The summed E-state index contributed by atoms with van der Waals surface area (Å²) in [6.45, 7) is 1.87. The Kier molecular flexibility index (Phi) is 6.41. The fourth-order valence-corrected chi connectivity index (χ4v) is 4.77. The van der Waals surface area contributed by atoms with Gasteiger partial charge in [-0.1, -0.05) is 89.8 Å². The third-order valence-electron chi connectivity index (χ3n) is 4.35. The minimum Gasteiger partial charge on any atom is -0.330 e. The van der Waals surface area contributed by atoms with Crippen LogP contribution < -0.4 is 10.6 Å². The zero-order chi connectivity index (χ0) is 20.8. The summed E-state index contributed by atoms with van der Waals surface area (Å²) < 4.78 is 0.743. The van der Waals surface area contributed by atoms with Gasteiger partial charge in [-0.2, -0.15) is 0 Å². The van der Waals surface area contributed by atoms with E-state index in [1.54, 1.807) is 0 Å². The highest BCUT2D eigenvalue weighted by Gasteiger charge is 2.18. The van der Waals surface area contributed by atoms with Crippen LogP contribution in [0.3, 0.4) is 0 Å². The molecule has 0 unspecified atom stereocenters. The number of carbonyl (C=O) groups is 1. The van der Waals surface area contributed by atoms with Crippen LogP contribution in [0.15, 0.2) is 89.3 Å². The molecule has 1 heterocycles. The first kappa shape index (κ1) is 20.1. The fraction of sp³-hybridized carbons (Fsp3) is 0.0870. The quantitative estimate of drug-likeness (QED) is 0.347. The van der Waals surface area contributed by atoms with Crippen LogP contribution in [-0.2, 0) is 4.79 Å². The molecule has 0 aliphatic heterocycles. The predicted molar refractivity (Wildman–Crippen MR) is 125 cm³/mol. The highest BCUT2D eigenvalue weighted by Crippen LogP contribution is 2.32. The summed E-state index contributed by atoms with van der Waals surface area (Å²) in [5.41, 5.74) is 3.81. The molecule has 7 heteroatoms. The van der Waals surface area contributed by atoms with Gasteiger partial charge in [0.15, 0.2) is 4.34 Å². The number of hydrogen-bond donors (Lipinski definition) is 2. The summed E-state index contributed by atoms with van der Waals surface area (Å²) in [4.78, 5) is 12.8. The maximum atomic E-state index is 12.8. The molecule has 0 saturated carbocycles. The number of anilines is 3. The summed E-state index contributed by atoms with van der Waals surface area (Å²) in [6, 6.07) is 27.7. The van der Waals surface area contributed by atoms with Gasteiger partial charge in [0.2, 0.25) is 11.0 Å². The monoisotopic (exact) mass is 432 g/mol. The van der Waals surface area contributed by atoms with Crippen LogP contribution in [0.2, 0.25) is 0 Å². The van der Waals surface area contributed by atoms with Gasteiger partial charge in [0.05, 0.1) is 5.25 Å². The number of amides is 1. The maximum absolute atomic E-state index is 12.8. The zero-order valence-electron chi connectivity index (χ0n) is 16.3. The smallest absolute Gasteiger partial charge is 0.237 e. The first-order valence-corrected chi connectivity index (χ1v) is 11.2. The maximum Gasteiger partial charge on any atom is 0.237 e. The summed E-state index contributed by atoms with van der Waals surface area (Å²) in [6.07, 6.45) is 0. The average molecular weight is 433 g/mol. The number of nitrogens with zero attached hydrogens (tertiary/aromatic N) is 2. The molecule has 0 saturated heterocycles. The van der Waals surface area contributed by atoms with Crippen molar-refractivity contribution in [1.29, 1.82) is 0 Å². The Hall–Kier alpha value is -3.16. The first-order valence-electron chi connectivity index (χ1n) is 9.46. The molecule has 1 atom stereocenters. The molecule has 0 spiro atoms. The lowest BCUT2D eigenvalue weighted by molar-refractivity contribution is -0.115. The van der Waals surface area contributed by atoms with E-state index in [9.17, 15) is 4.79 Å². The van der Waals surface area contributed by atoms with Crippen molar-refractivity contribution in [2.75, 3.05) is 10.6 Å². The second-order valence-corrected chi connectivity index (χ2v) is 9.09. The van der Waals surface area contributed by atoms with Crippen molar-refractivity contribution in [3.8, 4) is 11.1 Å². The van der Waals surface area contributed by atoms with Gasteiger partial charge >= 0.3 is 0 Å². The Morgan fingerprint density at radius 2 is 1.57 bits per heavy atom. The van der Waals surface area contributed by atoms with Gasteiger partial charge in [0.1, 0.15) is 0 Å². The molecule has 0 aliphatic carbocycles. The van der Waals surface area contributed by atoms with Crippen LogP contribution in [0.25, 0.3) is 11.1 Å². The van der Waals surface area contributed by atoms with E-state index in [1.807, 2.05) is 91.9 Å². The third-order valence-corrected chi connectivity index (χ3v) is 6.37. The molecule has 1 amide bonds. The second-order valence-electron chi connectivity index (χ2n) is 6.53. The highest BCUT2D eigenvalue weighted by molar-refractivity contribution is 8.02. The van der Waals surface area contributed by atoms with E-state index >= 15 is 0 Å². The van der Waals surface area contributed by atoms with Gasteiger partial charge in [-0.25, -0.2) is 0 Å². The van der Waals surface area contributed by atoms with Gasteiger partial charge in [-0.3, -0.25) is 4.79 Å². The average Bonchev–Trinajstić information content (AvgIpc) is 3.22. The molecule has 150 valence electrons. The van der Waals surface area contributed by atoms with E-state index < -0.39 is 0 Å². The van der Waals surface area contributed by atoms with E-state index in [0.717, 1.165) is 26.8 Å². The number of nitrogens with one attached hydrogen (secondary N) is 2. The molecule has 3 aromatic carbocycles. The molecule has 0 bridgehead atoms. The van der Waals surface area contributed by atoms with E-state index in [2.05, 4.69) is 20.8 Å². The van der Waals surface area contributed by atoms with Crippen LogP contribution in [-0.4, -0.2) is 21.4 Å². The van der Waals surface area contributed by atoms with Gasteiger partial charge in [-0.05, 0) is 30.7 Å². The summed E-state index contributed by atoms with van der Waals surface area (Å²) in [5, 5.41) is 15.0. The Labute approximate surface area is 183 Å². The molecule has 5 nitrogen and oxygen atoms in total. The van der Waals surface area contributed by atoms with Gasteiger partial charge < -0.3 is 10.6 Å². The van der Waals surface area contributed by atoms with Gasteiger partial charge in [0, 0.05) is 16.9 Å². The molecule has 4 aromatic rings. The lowest BCUT2D eigenvalue weighted by Crippen LogP contribution is -2.22. The summed E-state index contributed by atoms with van der Waals surface area (Å²) in [5.74, 6) is -0.0730. The SMILES string of the molecule is C[C@H](Sc1nnc(Nc2ccccc2)s1)C(=O)Nc1ccccc1-c1ccccc1. The van der Waals surface area contributed by atoms with Crippen LogP contribution in [0, 0.1) is 0 Å². The highest BCUT2D eigenvalue weighted by atomic mass is 32.2. The van der Waals surface area contributed by atoms with Crippen molar-refractivity contribution in [3.63, 3.8) is 0 Å². The lowest BCUT2D eigenvalue weighted by atomic mass is 10.0. The zero-order valence-corrected chi connectivity index (χ0v) is 17.9. The number of carbonyl (C=O) groups excluding carboxylic acids is 1. The topological polar surface area (TPSA) is 66.9 Å². The number of thioether (sulfide) groups is 1. The molecule has 0 aliphatic rings. The minimum atomic E-state index is -0.314.